The predicted octanol–water partition coefficient (Wildman–Crippen LogP) is 7.21. The Balaban J connectivity index is 1.63. The Labute approximate surface area is 210 Å². The SMILES string of the molecule is CC/C=C1/C(C)=C(c2cccc3c2OCO3)Oc2c1cc(C)cc2C(C)Nc1ccccc1C(=O)O. The zero-order chi connectivity index (χ0) is 25.4. The molecule has 36 heavy (non-hydrogen) atoms. The van der Waals surface area contributed by atoms with Gasteiger partial charge in [-0.15, -0.1) is 0 Å². The minimum atomic E-state index is -0.970. The van der Waals surface area contributed by atoms with Crippen molar-refractivity contribution in [2.75, 3.05) is 12.1 Å². The lowest BCUT2D eigenvalue weighted by Gasteiger charge is -2.30. The van der Waals surface area contributed by atoms with Crippen LogP contribution in [0.1, 0.15) is 65.8 Å². The summed E-state index contributed by atoms with van der Waals surface area (Å²) in [6, 6.07) is 16.8. The molecule has 6 nitrogen and oxygen atoms in total. The summed E-state index contributed by atoms with van der Waals surface area (Å²) < 4.78 is 18.1. The van der Waals surface area contributed by atoms with Crippen LogP contribution in [-0.4, -0.2) is 17.9 Å². The highest BCUT2D eigenvalue weighted by Gasteiger charge is 2.31. The van der Waals surface area contributed by atoms with Crippen molar-refractivity contribution in [1.29, 1.82) is 0 Å². The number of aromatic carboxylic acids is 1. The van der Waals surface area contributed by atoms with Gasteiger partial charge in [0.1, 0.15) is 11.5 Å². The number of allylic oxidation sites excluding steroid dienone is 3. The van der Waals surface area contributed by atoms with E-state index in [2.05, 4.69) is 44.3 Å². The molecule has 0 spiro atoms. The summed E-state index contributed by atoms with van der Waals surface area (Å²) in [4.78, 5) is 11.8. The molecule has 184 valence electrons. The first kappa shape index (κ1) is 23.5. The van der Waals surface area contributed by atoms with Gasteiger partial charge in [0, 0.05) is 22.4 Å². The number of ether oxygens (including phenoxy) is 3. The summed E-state index contributed by atoms with van der Waals surface area (Å²) in [5.74, 6) is 1.90. The molecule has 2 heterocycles. The van der Waals surface area contributed by atoms with Crippen molar-refractivity contribution in [3.8, 4) is 17.2 Å². The summed E-state index contributed by atoms with van der Waals surface area (Å²) in [7, 11) is 0. The van der Waals surface area contributed by atoms with E-state index in [-0.39, 0.29) is 18.4 Å². The molecule has 2 N–H and O–H groups in total. The number of aryl methyl sites for hydroxylation is 1. The highest BCUT2D eigenvalue weighted by Crippen LogP contribution is 2.49. The van der Waals surface area contributed by atoms with Crippen LogP contribution in [-0.2, 0) is 0 Å². The van der Waals surface area contributed by atoms with E-state index in [1.807, 2.05) is 31.2 Å². The van der Waals surface area contributed by atoms with Crippen molar-refractivity contribution >= 4 is 23.0 Å². The first-order chi connectivity index (χ1) is 17.4. The Morgan fingerprint density at radius 3 is 2.64 bits per heavy atom. The fraction of sp³-hybridized carbons (Fsp3) is 0.233. The lowest BCUT2D eigenvalue weighted by molar-refractivity contribution is 0.0698. The lowest BCUT2D eigenvalue weighted by Crippen LogP contribution is -2.16. The standard InChI is InChI=1S/C30H29NO5/c1-5-9-20-18(3)27(22-11-8-13-26-29(22)35-16-34-26)36-28-23(14-17(2)15-24(20)28)19(4)31-25-12-7-6-10-21(25)30(32)33/h6-15,19,31H,5,16H2,1-4H3,(H,32,33)/b20-9-. The average Bonchev–Trinajstić information content (AvgIpc) is 3.35. The fourth-order valence-corrected chi connectivity index (χ4v) is 4.88. The number of hydrogen-bond acceptors (Lipinski definition) is 5. The van der Waals surface area contributed by atoms with Crippen LogP contribution in [0.5, 0.6) is 17.2 Å². The van der Waals surface area contributed by atoms with E-state index in [0.717, 1.165) is 51.3 Å². The van der Waals surface area contributed by atoms with Crippen LogP contribution < -0.4 is 19.5 Å². The minimum absolute atomic E-state index is 0.182. The minimum Gasteiger partial charge on any atom is -0.478 e. The molecule has 3 aromatic carbocycles. The molecule has 0 aromatic heterocycles. The number of nitrogens with one attached hydrogen (secondary N) is 1. The largest absolute Gasteiger partial charge is 0.478 e. The number of anilines is 1. The second kappa shape index (κ2) is 9.46. The zero-order valence-electron chi connectivity index (χ0n) is 20.8. The number of hydrogen-bond donors (Lipinski definition) is 2. The first-order valence-electron chi connectivity index (χ1n) is 12.1. The quantitative estimate of drug-likeness (QED) is 0.386. The molecule has 5 rings (SSSR count). The third-order valence-electron chi connectivity index (χ3n) is 6.55. The molecule has 0 saturated heterocycles. The van der Waals surface area contributed by atoms with Crippen molar-refractivity contribution < 1.29 is 24.1 Å². The molecular formula is C30H29NO5. The van der Waals surface area contributed by atoms with E-state index in [9.17, 15) is 9.90 Å². The molecule has 0 aliphatic carbocycles. The number of carboxylic acids is 1. The van der Waals surface area contributed by atoms with Gasteiger partial charge >= 0.3 is 5.97 Å². The van der Waals surface area contributed by atoms with E-state index in [4.69, 9.17) is 14.2 Å². The van der Waals surface area contributed by atoms with E-state index < -0.39 is 5.97 Å². The number of fused-ring (bicyclic) bond motifs is 2. The van der Waals surface area contributed by atoms with Crippen molar-refractivity contribution in [3.05, 3.63) is 94.1 Å². The van der Waals surface area contributed by atoms with E-state index >= 15 is 0 Å². The van der Waals surface area contributed by atoms with Crippen LogP contribution in [0.15, 0.2) is 66.2 Å². The Bertz CT molecular complexity index is 1420. The molecule has 6 heteroatoms. The second-order valence-corrected chi connectivity index (χ2v) is 9.07. The molecule has 0 fully saturated rings. The van der Waals surface area contributed by atoms with E-state index in [1.165, 1.54) is 0 Å². The number of benzene rings is 3. The maximum atomic E-state index is 11.8. The molecule has 2 aliphatic heterocycles. The molecule has 0 radical (unpaired) electrons. The Morgan fingerprint density at radius 2 is 1.86 bits per heavy atom. The Hall–Kier alpha value is -4.19. The summed E-state index contributed by atoms with van der Waals surface area (Å²) in [6.45, 7) is 8.45. The summed E-state index contributed by atoms with van der Waals surface area (Å²) in [6.07, 6.45) is 3.09. The third-order valence-corrected chi connectivity index (χ3v) is 6.55. The molecule has 0 saturated carbocycles. The highest BCUT2D eigenvalue weighted by atomic mass is 16.7. The molecule has 0 bridgehead atoms. The molecule has 3 aromatic rings. The van der Waals surface area contributed by atoms with Crippen molar-refractivity contribution in [1.82, 2.24) is 0 Å². The summed E-state index contributed by atoms with van der Waals surface area (Å²) in [5.41, 5.74) is 6.86. The number of carboxylic acid groups (broad SMARTS) is 1. The van der Waals surface area contributed by atoms with Crippen LogP contribution in [0.4, 0.5) is 5.69 Å². The molecular weight excluding hydrogens is 454 g/mol. The van der Waals surface area contributed by atoms with Crippen LogP contribution in [0.3, 0.4) is 0 Å². The first-order valence-corrected chi connectivity index (χ1v) is 12.1. The number of rotatable bonds is 6. The van der Waals surface area contributed by atoms with Gasteiger partial charge in [0.25, 0.3) is 0 Å². The van der Waals surface area contributed by atoms with Gasteiger partial charge < -0.3 is 24.6 Å². The van der Waals surface area contributed by atoms with Gasteiger partial charge in [-0.1, -0.05) is 37.3 Å². The molecule has 1 unspecified atom stereocenters. The van der Waals surface area contributed by atoms with E-state index in [1.54, 1.807) is 18.2 Å². The fourth-order valence-electron chi connectivity index (χ4n) is 4.88. The van der Waals surface area contributed by atoms with Crippen LogP contribution >= 0.6 is 0 Å². The third kappa shape index (κ3) is 4.09. The van der Waals surface area contributed by atoms with Gasteiger partial charge in [-0.05, 0) is 68.7 Å². The van der Waals surface area contributed by atoms with Crippen LogP contribution in [0, 0.1) is 6.92 Å². The van der Waals surface area contributed by atoms with Crippen molar-refractivity contribution in [2.24, 2.45) is 0 Å². The monoisotopic (exact) mass is 483 g/mol. The normalized spacial score (nSPS) is 15.9. The average molecular weight is 484 g/mol. The van der Waals surface area contributed by atoms with Crippen molar-refractivity contribution in [3.63, 3.8) is 0 Å². The number of para-hydroxylation sites is 2. The Morgan fingerprint density at radius 1 is 1.06 bits per heavy atom. The summed E-state index contributed by atoms with van der Waals surface area (Å²) >= 11 is 0. The Kier molecular flexibility index (Phi) is 6.18. The predicted molar refractivity (Wildman–Crippen MR) is 141 cm³/mol. The topological polar surface area (TPSA) is 77.0 Å². The molecule has 1 atom stereocenters. The van der Waals surface area contributed by atoms with Gasteiger partial charge in [0.05, 0.1) is 17.2 Å². The summed E-state index contributed by atoms with van der Waals surface area (Å²) in [5, 5.41) is 13.0. The van der Waals surface area contributed by atoms with E-state index in [0.29, 0.717) is 17.2 Å². The zero-order valence-corrected chi connectivity index (χ0v) is 20.8. The van der Waals surface area contributed by atoms with Gasteiger partial charge in [0.15, 0.2) is 11.5 Å². The van der Waals surface area contributed by atoms with Gasteiger partial charge in [-0.25, -0.2) is 4.79 Å². The van der Waals surface area contributed by atoms with Crippen LogP contribution in [0.2, 0.25) is 0 Å². The van der Waals surface area contributed by atoms with Gasteiger partial charge in [-0.3, -0.25) is 0 Å². The second-order valence-electron chi connectivity index (χ2n) is 9.07. The van der Waals surface area contributed by atoms with Crippen molar-refractivity contribution in [2.45, 2.75) is 40.2 Å². The number of carbonyl (C=O) groups is 1. The molecule has 0 amide bonds. The van der Waals surface area contributed by atoms with Gasteiger partial charge in [-0.2, -0.15) is 0 Å². The maximum Gasteiger partial charge on any atom is 0.337 e. The molecule has 2 aliphatic rings. The smallest absolute Gasteiger partial charge is 0.337 e. The van der Waals surface area contributed by atoms with Gasteiger partial charge in [0.2, 0.25) is 6.79 Å². The highest BCUT2D eigenvalue weighted by molar-refractivity contribution is 5.95. The lowest BCUT2D eigenvalue weighted by atomic mass is 9.88. The maximum absolute atomic E-state index is 11.8. The van der Waals surface area contributed by atoms with Crippen LogP contribution in [0.25, 0.3) is 11.3 Å².